The van der Waals surface area contributed by atoms with Crippen LogP contribution < -0.4 is 5.32 Å². The first kappa shape index (κ1) is 15.1. The molecule has 1 fully saturated rings. The van der Waals surface area contributed by atoms with E-state index < -0.39 is 0 Å². The first-order chi connectivity index (χ1) is 9.65. The standard InChI is InChI=1S/C15H22ClN3O/c1-3-17-14-13(16)8-12(9-18-14)15(20)19(4-2)10-11-6-5-7-11/h8-9,11H,3-7,10H2,1-2H3,(H,17,18). The highest BCUT2D eigenvalue weighted by Crippen LogP contribution is 2.28. The molecule has 1 heterocycles. The van der Waals surface area contributed by atoms with Crippen LogP contribution in [0, 0.1) is 5.92 Å². The number of hydrogen-bond donors (Lipinski definition) is 1. The molecule has 1 aliphatic carbocycles. The minimum atomic E-state index is 0.0249. The number of amides is 1. The van der Waals surface area contributed by atoms with Crippen molar-refractivity contribution in [1.82, 2.24) is 9.88 Å². The van der Waals surface area contributed by atoms with Crippen LogP contribution in [0.1, 0.15) is 43.5 Å². The Morgan fingerprint density at radius 1 is 1.50 bits per heavy atom. The summed E-state index contributed by atoms with van der Waals surface area (Å²) in [6.45, 7) is 6.32. The van der Waals surface area contributed by atoms with Gasteiger partial charge in [0.05, 0.1) is 10.6 Å². The summed E-state index contributed by atoms with van der Waals surface area (Å²) in [6, 6.07) is 1.71. The maximum atomic E-state index is 12.5. The number of nitrogens with one attached hydrogen (secondary N) is 1. The molecule has 0 unspecified atom stereocenters. The van der Waals surface area contributed by atoms with Crippen molar-refractivity contribution < 1.29 is 4.79 Å². The van der Waals surface area contributed by atoms with Crippen molar-refractivity contribution >= 4 is 23.3 Å². The Bertz CT molecular complexity index is 474. The summed E-state index contributed by atoms with van der Waals surface area (Å²) in [4.78, 5) is 18.6. The zero-order valence-corrected chi connectivity index (χ0v) is 12.9. The monoisotopic (exact) mass is 295 g/mol. The van der Waals surface area contributed by atoms with E-state index in [4.69, 9.17) is 11.6 Å². The number of halogens is 1. The van der Waals surface area contributed by atoms with E-state index in [1.54, 1.807) is 12.3 Å². The quantitative estimate of drug-likeness (QED) is 0.874. The fourth-order valence-electron chi connectivity index (χ4n) is 2.38. The van der Waals surface area contributed by atoms with Gasteiger partial charge in [0.1, 0.15) is 5.82 Å². The highest BCUT2D eigenvalue weighted by molar-refractivity contribution is 6.33. The molecule has 5 heteroatoms. The van der Waals surface area contributed by atoms with Crippen molar-refractivity contribution in [1.29, 1.82) is 0 Å². The Morgan fingerprint density at radius 2 is 2.25 bits per heavy atom. The molecule has 0 bridgehead atoms. The van der Waals surface area contributed by atoms with Gasteiger partial charge >= 0.3 is 0 Å². The summed E-state index contributed by atoms with van der Waals surface area (Å²) >= 11 is 6.15. The molecule has 2 rings (SSSR count). The van der Waals surface area contributed by atoms with Gasteiger partial charge in [-0.2, -0.15) is 0 Å². The van der Waals surface area contributed by atoms with Gasteiger partial charge < -0.3 is 10.2 Å². The minimum Gasteiger partial charge on any atom is -0.369 e. The van der Waals surface area contributed by atoms with Crippen LogP contribution in [0.2, 0.25) is 5.02 Å². The number of rotatable bonds is 6. The van der Waals surface area contributed by atoms with Crippen molar-refractivity contribution in [3.8, 4) is 0 Å². The molecule has 0 aliphatic heterocycles. The summed E-state index contributed by atoms with van der Waals surface area (Å²) < 4.78 is 0. The number of pyridine rings is 1. The van der Waals surface area contributed by atoms with Gasteiger partial charge in [-0.15, -0.1) is 0 Å². The lowest BCUT2D eigenvalue weighted by molar-refractivity contribution is 0.0706. The smallest absolute Gasteiger partial charge is 0.255 e. The van der Waals surface area contributed by atoms with E-state index in [-0.39, 0.29) is 5.91 Å². The van der Waals surface area contributed by atoms with Crippen molar-refractivity contribution in [3.05, 3.63) is 22.8 Å². The van der Waals surface area contributed by atoms with E-state index in [1.807, 2.05) is 18.7 Å². The van der Waals surface area contributed by atoms with Gasteiger partial charge in [0.2, 0.25) is 0 Å². The Hall–Kier alpha value is -1.29. The van der Waals surface area contributed by atoms with E-state index in [2.05, 4.69) is 10.3 Å². The zero-order chi connectivity index (χ0) is 14.5. The molecule has 1 aliphatic rings. The third-order valence-electron chi connectivity index (χ3n) is 3.80. The molecule has 0 saturated heterocycles. The van der Waals surface area contributed by atoms with Crippen molar-refractivity contribution in [3.63, 3.8) is 0 Å². The lowest BCUT2D eigenvalue weighted by atomic mass is 9.85. The van der Waals surface area contributed by atoms with Crippen LogP contribution in [0.4, 0.5) is 5.82 Å². The zero-order valence-electron chi connectivity index (χ0n) is 12.2. The molecule has 20 heavy (non-hydrogen) atoms. The van der Waals surface area contributed by atoms with Crippen LogP contribution >= 0.6 is 11.6 Å². The summed E-state index contributed by atoms with van der Waals surface area (Å²) in [5.74, 6) is 1.33. The van der Waals surface area contributed by atoms with Gasteiger partial charge in [0, 0.05) is 25.8 Å². The molecule has 1 aromatic heterocycles. The normalized spacial score (nSPS) is 14.8. The topological polar surface area (TPSA) is 45.2 Å². The molecule has 4 nitrogen and oxygen atoms in total. The van der Waals surface area contributed by atoms with Crippen LogP contribution in [0.25, 0.3) is 0 Å². The van der Waals surface area contributed by atoms with Crippen molar-refractivity contribution in [2.75, 3.05) is 25.0 Å². The average Bonchev–Trinajstić information content (AvgIpc) is 2.40. The molecule has 1 amide bonds. The van der Waals surface area contributed by atoms with Gasteiger partial charge in [0.25, 0.3) is 5.91 Å². The van der Waals surface area contributed by atoms with Gasteiger partial charge in [-0.3, -0.25) is 4.79 Å². The largest absolute Gasteiger partial charge is 0.369 e. The van der Waals surface area contributed by atoms with Crippen LogP contribution in [0.5, 0.6) is 0 Å². The molecule has 1 aromatic rings. The molecule has 110 valence electrons. The summed E-state index contributed by atoms with van der Waals surface area (Å²) in [7, 11) is 0. The first-order valence-corrected chi connectivity index (χ1v) is 7.72. The number of carbonyl (C=O) groups is 1. The van der Waals surface area contributed by atoms with Gasteiger partial charge in [-0.25, -0.2) is 4.98 Å². The Morgan fingerprint density at radius 3 is 2.75 bits per heavy atom. The molecule has 1 saturated carbocycles. The van der Waals surface area contributed by atoms with Crippen LogP contribution in [0.3, 0.4) is 0 Å². The number of nitrogens with zero attached hydrogens (tertiary/aromatic N) is 2. The average molecular weight is 296 g/mol. The molecule has 0 spiro atoms. The van der Waals surface area contributed by atoms with E-state index in [9.17, 15) is 4.79 Å². The summed E-state index contributed by atoms with van der Waals surface area (Å²) in [5, 5.41) is 3.57. The van der Waals surface area contributed by atoms with Gasteiger partial charge in [0.15, 0.2) is 0 Å². The highest BCUT2D eigenvalue weighted by atomic mass is 35.5. The Kier molecular flexibility index (Phi) is 5.24. The number of anilines is 1. The fraction of sp³-hybridized carbons (Fsp3) is 0.600. The van der Waals surface area contributed by atoms with E-state index in [1.165, 1.54) is 19.3 Å². The minimum absolute atomic E-state index is 0.0249. The molecule has 0 aromatic carbocycles. The Balaban J connectivity index is 2.08. The molecule has 0 atom stereocenters. The fourth-order valence-corrected chi connectivity index (χ4v) is 2.61. The predicted octanol–water partition coefficient (Wildman–Crippen LogP) is 3.43. The van der Waals surface area contributed by atoms with E-state index in [0.717, 1.165) is 19.6 Å². The molecular weight excluding hydrogens is 274 g/mol. The summed E-state index contributed by atoms with van der Waals surface area (Å²) in [6.07, 6.45) is 5.38. The predicted molar refractivity (Wildman–Crippen MR) is 82.3 cm³/mol. The second-order valence-electron chi connectivity index (χ2n) is 5.23. The Labute approximate surface area is 125 Å². The van der Waals surface area contributed by atoms with Crippen LogP contribution in [-0.2, 0) is 0 Å². The lowest BCUT2D eigenvalue weighted by Crippen LogP contribution is -2.37. The van der Waals surface area contributed by atoms with Gasteiger partial charge in [-0.05, 0) is 38.7 Å². The van der Waals surface area contributed by atoms with Crippen molar-refractivity contribution in [2.24, 2.45) is 5.92 Å². The lowest BCUT2D eigenvalue weighted by Gasteiger charge is -2.31. The van der Waals surface area contributed by atoms with Crippen LogP contribution in [-0.4, -0.2) is 35.4 Å². The molecule has 1 N–H and O–H groups in total. The number of carbonyl (C=O) groups excluding carboxylic acids is 1. The van der Waals surface area contributed by atoms with Gasteiger partial charge in [-0.1, -0.05) is 18.0 Å². The van der Waals surface area contributed by atoms with E-state index in [0.29, 0.717) is 22.3 Å². The first-order valence-electron chi connectivity index (χ1n) is 7.34. The molecule has 0 radical (unpaired) electrons. The second kappa shape index (κ2) is 6.93. The second-order valence-corrected chi connectivity index (χ2v) is 5.63. The maximum Gasteiger partial charge on any atom is 0.255 e. The molecular formula is C15H22ClN3O. The summed E-state index contributed by atoms with van der Waals surface area (Å²) in [5.41, 5.74) is 0.567. The highest BCUT2D eigenvalue weighted by Gasteiger charge is 2.23. The third-order valence-corrected chi connectivity index (χ3v) is 4.09. The third kappa shape index (κ3) is 3.42. The number of hydrogen-bond acceptors (Lipinski definition) is 3. The SMILES string of the molecule is CCNc1ncc(C(=O)N(CC)CC2CCC2)cc1Cl. The van der Waals surface area contributed by atoms with E-state index >= 15 is 0 Å². The number of aromatic nitrogens is 1. The van der Waals surface area contributed by atoms with Crippen LogP contribution in [0.15, 0.2) is 12.3 Å². The maximum absolute atomic E-state index is 12.5. The van der Waals surface area contributed by atoms with Crippen molar-refractivity contribution in [2.45, 2.75) is 33.1 Å².